The zero-order valence-corrected chi connectivity index (χ0v) is 11.9. The lowest BCUT2D eigenvalue weighted by Crippen LogP contribution is -2.32. The highest BCUT2D eigenvalue weighted by molar-refractivity contribution is 5.47. The van der Waals surface area contributed by atoms with Crippen LogP contribution in [0.15, 0.2) is 24.3 Å². The van der Waals surface area contributed by atoms with E-state index in [9.17, 15) is 0 Å². The topological polar surface area (TPSA) is 39.1 Å². The minimum Gasteiger partial charge on any atom is -0.382 e. The van der Waals surface area contributed by atoms with Gasteiger partial charge < -0.3 is 10.2 Å². The highest BCUT2D eigenvalue weighted by Gasteiger charge is 2.18. The summed E-state index contributed by atoms with van der Waals surface area (Å²) in [4.78, 5) is 2.56. The van der Waals surface area contributed by atoms with E-state index in [0.717, 1.165) is 11.3 Å². The molecule has 0 aliphatic carbocycles. The van der Waals surface area contributed by atoms with Gasteiger partial charge in [-0.2, -0.15) is 5.26 Å². The molecule has 1 aromatic rings. The summed E-state index contributed by atoms with van der Waals surface area (Å²) < 4.78 is 0. The van der Waals surface area contributed by atoms with Gasteiger partial charge >= 0.3 is 0 Å². The number of nitrogens with zero attached hydrogens (tertiary/aromatic N) is 2. The molecule has 0 spiro atoms. The average Bonchev–Trinajstić information content (AvgIpc) is 2.65. The van der Waals surface area contributed by atoms with Gasteiger partial charge in [0, 0.05) is 24.3 Å². The molecular weight excluding hydrogens is 234 g/mol. The summed E-state index contributed by atoms with van der Waals surface area (Å²) in [7, 11) is 0. The van der Waals surface area contributed by atoms with Crippen LogP contribution in [0.5, 0.6) is 0 Å². The smallest absolute Gasteiger partial charge is 0.0991 e. The summed E-state index contributed by atoms with van der Waals surface area (Å²) in [5, 5.41) is 12.4. The van der Waals surface area contributed by atoms with Crippen LogP contribution in [0.3, 0.4) is 0 Å². The zero-order chi connectivity index (χ0) is 13.7. The molecule has 1 fully saturated rings. The van der Waals surface area contributed by atoms with Crippen molar-refractivity contribution in [2.75, 3.05) is 18.4 Å². The number of hydrogen-bond acceptors (Lipinski definition) is 3. The maximum Gasteiger partial charge on any atom is 0.0991 e. The Morgan fingerprint density at radius 2 is 1.95 bits per heavy atom. The van der Waals surface area contributed by atoms with E-state index in [1.54, 1.807) is 0 Å². The Morgan fingerprint density at radius 1 is 1.21 bits per heavy atom. The minimum atomic E-state index is 0.552. The standard InChI is InChI=1S/C16H23N3/c1-13(2)19-10-3-4-15(9-11-19)18-16-7-5-14(12-17)6-8-16/h5-8,13,15,18H,3-4,9-11H2,1-2H3. The van der Waals surface area contributed by atoms with Crippen molar-refractivity contribution in [3.8, 4) is 6.07 Å². The van der Waals surface area contributed by atoms with Crippen molar-refractivity contribution in [2.45, 2.75) is 45.2 Å². The molecule has 0 saturated carbocycles. The Balaban J connectivity index is 1.90. The van der Waals surface area contributed by atoms with E-state index in [4.69, 9.17) is 5.26 Å². The number of rotatable bonds is 3. The fourth-order valence-electron chi connectivity index (χ4n) is 2.66. The van der Waals surface area contributed by atoms with Gasteiger partial charge in [0.05, 0.1) is 11.6 Å². The molecule has 0 radical (unpaired) electrons. The van der Waals surface area contributed by atoms with Crippen molar-refractivity contribution in [1.82, 2.24) is 4.90 Å². The molecule has 1 unspecified atom stereocenters. The Morgan fingerprint density at radius 3 is 2.58 bits per heavy atom. The third-order valence-electron chi connectivity index (χ3n) is 3.88. The van der Waals surface area contributed by atoms with E-state index in [1.165, 1.54) is 32.4 Å². The molecule has 0 amide bonds. The van der Waals surface area contributed by atoms with Crippen LogP contribution < -0.4 is 5.32 Å². The van der Waals surface area contributed by atoms with E-state index in [2.05, 4.69) is 30.1 Å². The molecule has 0 bridgehead atoms. The molecule has 1 saturated heterocycles. The van der Waals surface area contributed by atoms with Gasteiger partial charge in [0.15, 0.2) is 0 Å². The molecule has 1 aromatic carbocycles. The van der Waals surface area contributed by atoms with Crippen LogP contribution >= 0.6 is 0 Å². The first-order valence-corrected chi connectivity index (χ1v) is 7.20. The Hall–Kier alpha value is -1.53. The van der Waals surface area contributed by atoms with Crippen LogP contribution in [0, 0.1) is 11.3 Å². The van der Waals surface area contributed by atoms with E-state index >= 15 is 0 Å². The molecular formula is C16H23N3. The van der Waals surface area contributed by atoms with Gasteiger partial charge in [-0.3, -0.25) is 0 Å². The second kappa shape index (κ2) is 6.58. The van der Waals surface area contributed by atoms with E-state index in [0.29, 0.717) is 12.1 Å². The molecule has 102 valence electrons. The number of benzene rings is 1. The maximum absolute atomic E-state index is 8.79. The fraction of sp³-hybridized carbons (Fsp3) is 0.562. The SMILES string of the molecule is CC(C)N1CCCC(Nc2ccc(C#N)cc2)CC1. The lowest BCUT2D eigenvalue weighted by molar-refractivity contribution is 0.230. The van der Waals surface area contributed by atoms with Crippen molar-refractivity contribution in [2.24, 2.45) is 0 Å². The highest BCUT2D eigenvalue weighted by Crippen LogP contribution is 2.18. The molecule has 19 heavy (non-hydrogen) atoms. The normalized spacial score (nSPS) is 20.8. The third kappa shape index (κ3) is 3.97. The molecule has 3 heteroatoms. The van der Waals surface area contributed by atoms with Gasteiger partial charge in [0.1, 0.15) is 0 Å². The van der Waals surface area contributed by atoms with Gasteiger partial charge in [0.25, 0.3) is 0 Å². The first kappa shape index (κ1) is 13.9. The van der Waals surface area contributed by atoms with E-state index in [1.807, 2.05) is 24.3 Å². The molecule has 1 N–H and O–H groups in total. The average molecular weight is 257 g/mol. The first-order valence-electron chi connectivity index (χ1n) is 7.20. The summed E-state index contributed by atoms with van der Waals surface area (Å²) in [6, 6.07) is 11.1. The molecule has 1 heterocycles. The van der Waals surface area contributed by atoms with Crippen LogP contribution in [0.25, 0.3) is 0 Å². The van der Waals surface area contributed by atoms with Crippen molar-refractivity contribution in [1.29, 1.82) is 5.26 Å². The molecule has 1 atom stereocenters. The quantitative estimate of drug-likeness (QED) is 0.903. The van der Waals surface area contributed by atoms with Crippen molar-refractivity contribution >= 4 is 5.69 Å². The van der Waals surface area contributed by atoms with Gasteiger partial charge in [-0.1, -0.05) is 0 Å². The molecule has 1 aliphatic heterocycles. The van der Waals surface area contributed by atoms with Crippen molar-refractivity contribution in [3.63, 3.8) is 0 Å². The van der Waals surface area contributed by atoms with Crippen molar-refractivity contribution < 1.29 is 0 Å². The Labute approximate surface area is 116 Å². The largest absolute Gasteiger partial charge is 0.382 e. The summed E-state index contributed by atoms with van der Waals surface area (Å²) >= 11 is 0. The van der Waals surface area contributed by atoms with Gasteiger partial charge in [-0.15, -0.1) is 0 Å². The third-order valence-corrected chi connectivity index (χ3v) is 3.88. The lowest BCUT2D eigenvalue weighted by Gasteiger charge is -2.24. The van der Waals surface area contributed by atoms with Gasteiger partial charge in [-0.05, 0) is 63.9 Å². The van der Waals surface area contributed by atoms with E-state index < -0.39 is 0 Å². The zero-order valence-electron chi connectivity index (χ0n) is 11.9. The predicted octanol–water partition coefficient (Wildman–Crippen LogP) is 3.23. The number of nitriles is 1. The number of anilines is 1. The Bertz CT molecular complexity index is 430. The molecule has 1 aliphatic rings. The van der Waals surface area contributed by atoms with Gasteiger partial charge in [-0.25, -0.2) is 0 Å². The van der Waals surface area contributed by atoms with Crippen LogP contribution in [-0.2, 0) is 0 Å². The van der Waals surface area contributed by atoms with E-state index in [-0.39, 0.29) is 0 Å². The fourth-order valence-corrected chi connectivity index (χ4v) is 2.66. The second-order valence-corrected chi connectivity index (χ2v) is 5.59. The van der Waals surface area contributed by atoms with Crippen LogP contribution in [0.2, 0.25) is 0 Å². The summed E-state index contributed by atoms with van der Waals surface area (Å²) in [6.45, 7) is 6.93. The summed E-state index contributed by atoms with van der Waals surface area (Å²) in [5.41, 5.74) is 1.85. The monoisotopic (exact) mass is 257 g/mol. The van der Waals surface area contributed by atoms with Crippen molar-refractivity contribution in [3.05, 3.63) is 29.8 Å². The second-order valence-electron chi connectivity index (χ2n) is 5.59. The number of likely N-dealkylation sites (tertiary alicyclic amines) is 1. The molecule has 0 aromatic heterocycles. The summed E-state index contributed by atoms with van der Waals surface area (Å²) in [6.07, 6.45) is 3.67. The first-order chi connectivity index (χ1) is 9.19. The number of nitrogens with one attached hydrogen (secondary N) is 1. The molecule has 3 nitrogen and oxygen atoms in total. The van der Waals surface area contributed by atoms with Gasteiger partial charge in [0.2, 0.25) is 0 Å². The maximum atomic E-state index is 8.79. The minimum absolute atomic E-state index is 0.552. The predicted molar refractivity (Wildman–Crippen MR) is 79.1 cm³/mol. The van der Waals surface area contributed by atoms with Crippen LogP contribution in [0.4, 0.5) is 5.69 Å². The van der Waals surface area contributed by atoms with Crippen LogP contribution in [0.1, 0.15) is 38.7 Å². The highest BCUT2D eigenvalue weighted by atomic mass is 15.1. The molecule has 2 rings (SSSR count). The van der Waals surface area contributed by atoms with Crippen LogP contribution in [-0.4, -0.2) is 30.1 Å². The number of hydrogen-bond donors (Lipinski definition) is 1. The lowest BCUT2D eigenvalue weighted by atomic mass is 10.1. The summed E-state index contributed by atoms with van der Waals surface area (Å²) in [5.74, 6) is 0. The Kier molecular flexibility index (Phi) is 4.81.